The third kappa shape index (κ3) is 11.8. The maximum atomic E-state index is 14.0. The van der Waals surface area contributed by atoms with Gasteiger partial charge >= 0.3 is 5.97 Å². The van der Waals surface area contributed by atoms with Crippen LogP contribution in [0.4, 0.5) is 0 Å². The summed E-state index contributed by atoms with van der Waals surface area (Å²) in [5, 5.41) is 9.19. The molecule has 1 heterocycles. The van der Waals surface area contributed by atoms with Crippen LogP contribution in [0.1, 0.15) is 86.6 Å². The fourth-order valence-corrected chi connectivity index (χ4v) is 6.48. The van der Waals surface area contributed by atoms with Gasteiger partial charge in [0.25, 0.3) is 0 Å². The molecule has 1 aliphatic heterocycles. The average molecular weight is 675 g/mol. The Labute approximate surface area is 288 Å². The number of esters is 1. The fraction of sp³-hybridized carbons (Fsp3) is 0.730. The molecular formula is C37H62N4O7. The average Bonchev–Trinajstić information content (AvgIpc) is 3.52. The number of likely N-dealkylation sites (tertiary alicyclic amines) is 1. The van der Waals surface area contributed by atoms with Crippen molar-refractivity contribution in [1.29, 1.82) is 0 Å². The minimum atomic E-state index is -0.891. The Hall–Kier alpha value is -3.02. The van der Waals surface area contributed by atoms with Gasteiger partial charge in [-0.15, -0.1) is 0 Å². The van der Waals surface area contributed by atoms with Crippen LogP contribution in [0.25, 0.3) is 0 Å². The van der Waals surface area contributed by atoms with Crippen molar-refractivity contribution < 1.29 is 33.4 Å². The quantitative estimate of drug-likeness (QED) is 0.200. The van der Waals surface area contributed by atoms with E-state index >= 15 is 0 Å². The molecule has 1 aromatic rings. The van der Waals surface area contributed by atoms with Crippen molar-refractivity contribution in [2.45, 2.75) is 129 Å². The van der Waals surface area contributed by atoms with Crippen molar-refractivity contribution in [2.24, 2.45) is 17.8 Å². The highest BCUT2D eigenvalue weighted by Crippen LogP contribution is 2.29. The number of nitrogens with one attached hydrogen (secondary N) is 3. The Morgan fingerprint density at radius 3 is 2.15 bits per heavy atom. The summed E-state index contributed by atoms with van der Waals surface area (Å²) in [5.41, 5.74) is 0.175. The van der Waals surface area contributed by atoms with Gasteiger partial charge in [-0.2, -0.15) is 0 Å². The first-order valence-corrected chi connectivity index (χ1v) is 17.5. The number of benzene rings is 1. The minimum Gasteiger partial charge on any atom is -0.458 e. The van der Waals surface area contributed by atoms with Crippen LogP contribution in [0.15, 0.2) is 30.3 Å². The number of hydrogen-bond acceptors (Lipinski definition) is 8. The van der Waals surface area contributed by atoms with E-state index in [0.717, 1.165) is 18.4 Å². The Bertz CT molecular complexity index is 1170. The van der Waals surface area contributed by atoms with Crippen LogP contribution >= 0.6 is 0 Å². The number of methoxy groups -OCH3 is 2. The highest BCUT2D eigenvalue weighted by atomic mass is 16.6. The molecule has 8 atom stereocenters. The van der Waals surface area contributed by atoms with Crippen LogP contribution in [-0.2, 0) is 39.8 Å². The molecular weight excluding hydrogens is 612 g/mol. The summed E-state index contributed by atoms with van der Waals surface area (Å²) in [7, 11) is 4.77. The summed E-state index contributed by atoms with van der Waals surface area (Å²) in [6.07, 6.45) is 1.60. The van der Waals surface area contributed by atoms with E-state index in [9.17, 15) is 19.2 Å². The molecule has 1 fully saturated rings. The molecule has 3 N–H and O–H groups in total. The second-order valence-electron chi connectivity index (χ2n) is 14.5. The largest absolute Gasteiger partial charge is 0.458 e. The van der Waals surface area contributed by atoms with Crippen LogP contribution in [0.3, 0.4) is 0 Å². The second kappa shape index (κ2) is 19.2. The summed E-state index contributed by atoms with van der Waals surface area (Å²) < 4.78 is 17.5. The van der Waals surface area contributed by atoms with E-state index in [1.165, 1.54) is 0 Å². The molecule has 0 radical (unpaired) electrons. The molecule has 48 heavy (non-hydrogen) atoms. The first kappa shape index (κ1) is 41.2. The lowest BCUT2D eigenvalue weighted by molar-refractivity contribution is -0.159. The standard InChI is InChI=1S/C37H62N4O7/c1-12-24(4)32(40-31(23(2)3)35(44)38-9)29(46-10)22-30(42)41-20-16-19-28(41)33(47-11)25(5)34(43)39-27(36(45)48-37(6,7)8)21-26-17-14-13-15-18-26/h13-15,17-18,23-25,27-29,31-33,40H,12,16,19-22H2,1-11H3,(H,38,44)(H,39,43)/t24-,25+,27-,28-,29+,31-,32-,33+/m0/s1. The first-order valence-electron chi connectivity index (χ1n) is 17.5. The highest BCUT2D eigenvalue weighted by Gasteiger charge is 2.42. The number of amides is 3. The molecule has 1 aliphatic rings. The molecule has 0 bridgehead atoms. The summed E-state index contributed by atoms with van der Waals surface area (Å²) in [4.78, 5) is 55.5. The third-order valence-corrected chi connectivity index (χ3v) is 9.37. The smallest absolute Gasteiger partial charge is 0.329 e. The van der Waals surface area contributed by atoms with E-state index in [-0.39, 0.29) is 54.5 Å². The molecule has 0 aliphatic carbocycles. The number of carbonyl (C=O) groups is 4. The van der Waals surface area contributed by atoms with Gasteiger partial charge in [-0.05, 0) is 51.0 Å². The van der Waals surface area contributed by atoms with E-state index in [0.29, 0.717) is 13.0 Å². The highest BCUT2D eigenvalue weighted by molar-refractivity contribution is 5.86. The first-order chi connectivity index (χ1) is 22.6. The molecule has 0 aromatic heterocycles. The lowest BCUT2D eigenvalue weighted by Gasteiger charge is -2.38. The van der Waals surface area contributed by atoms with Crippen LogP contribution in [0.5, 0.6) is 0 Å². The lowest BCUT2D eigenvalue weighted by atomic mass is 9.89. The molecule has 1 saturated heterocycles. The predicted molar refractivity (Wildman–Crippen MR) is 187 cm³/mol. The Balaban J connectivity index is 2.25. The van der Waals surface area contributed by atoms with Gasteiger partial charge in [0.05, 0.1) is 36.6 Å². The minimum absolute atomic E-state index is 0.0328. The number of carbonyl (C=O) groups excluding carboxylic acids is 4. The number of nitrogens with zero attached hydrogens (tertiary/aromatic N) is 1. The van der Waals surface area contributed by atoms with Gasteiger partial charge in [-0.25, -0.2) is 4.79 Å². The molecule has 0 unspecified atom stereocenters. The number of ether oxygens (including phenoxy) is 3. The summed E-state index contributed by atoms with van der Waals surface area (Å²) in [5.74, 6) is -1.56. The zero-order valence-corrected chi connectivity index (χ0v) is 31.1. The van der Waals surface area contributed by atoms with Crippen molar-refractivity contribution in [3.8, 4) is 0 Å². The Morgan fingerprint density at radius 1 is 0.979 bits per heavy atom. The van der Waals surface area contributed by atoms with Gasteiger partial charge in [-0.1, -0.05) is 71.4 Å². The number of rotatable bonds is 18. The lowest BCUT2D eigenvalue weighted by Crippen LogP contribution is -2.57. The zero-order valence-electron chi connectivity index (χ0n) is 31.1. The van der Waals surface area contributed by atoms with Gasteiger partial charge in [0.15, 0.2) is 0 Å². The van der Waals surface area contributed by atoms with E-state index in [1.807, 2.05) is 49.1 Å². The van der Waals surface area contributed by atoms with Crippen molar-refractivity contribution >= 4 is 23.7 Å². The Morgan fingerprint density at radius 2 is 1.62 bits per heavy atom. The second-order valence-corrected chi connectivity index (χ2v) is 14.5. The third-order valence-electron chi connectivity index (χ3n) is 9.37. The zero-order chi connectivity index (χ0) is 36.2. The molecule has 11 nitrogen and oxygen atoms in total. The van der Waals surface area contributed by atoms with E-state index < -0.39 is 41.8 Å². The molecule has 2 rings (SSSR count). The molecule has 3 amide bonds. The SMILES string of the molecule is CC[C@H](C)[C@H](N[C@H](C(=O)NC)C(C)C)[C@@H](CC(=O)N1CCC[C@H]1[C@H](OC)[C@@H](C)C(=O)N[C@@H](Cc1ccccc1)C(=O)OC(C)(C)C)OC. The van der Waals surface area contributed by atoms with Crippen molar-refractivity contribution in [1.82, 2.24) is 20.9 Å². The monoisotopic (exact) mass is 674 g/mol. The topological polar surface area (TPSA) is 135 Å². The van der Waals surface area contributed by atoms with Gasteiger partial charge < -0.3 is 29.7 Å². The van der Waals surface area contributed by atoms with Gasteiger partial charge in [-0.3, -0.25) is 19.7 Å². The summed E-state index contributed by atoms with van der Waals surface area (Å²) in [6, 6.07) is 7.57. The van der Waals surface area contributed by atoms with Crippen LogP contribution in [0, 0.1) is 17.8 Å². The van der Waals surface area contributed by atoms with E-state index in [1.54, 1.807) is 49.0 Å². The van der Waals surface area contributed by atoms with E-state index in [4.69, 9.17) is 14.2 Å². The predicted octanol–water partition coefficient (Wildman–Crippen LogP) is 3.88. The van der Waals surface area contributed by atoms with Crippen molar-refractivity contribution in [2.75, 3.05) is 27.8 Å². The molecule has 1 aromatic carbocycles. The summed E-state index contributed by atoms with van der Waals surface area (Å²) in [6.45, 7) is 15.8. The van der Waals surface area contributed by atoms with Crippen molar-refractivity contribution in [3.63, 3.8) is 0 Å². The van der Waals surface area contributed by atoms with Gasteiger partial charge in [0, 0.05) is 40.3 Å². The molecule has 0 saturated carbocycles. The number of hydrogen-bond donors (Lipinski definition) is 3. The fourth-order valence-electron chi connectivity index (χ4n) is 6.48. The normalized spacial score (nSPS) is 19.5. The molecule has 272 valence electrons. The molecule has 0 spiro atoms. The van der Waals surface area contributed by atoms with Crippen LogP contribution in [0.2, 0.25) is 0 Å². The van der Waals surface area contributed by atoms with Crippen molar-refractivity contribution in [3.05, 3.63) is 35.9 Å². The van der Waals surface area contributed by atoms with Gasteiger partial charge in [0.1, 0.15) is 11.6 Å². The van der Waals surface area contributed by atoms with Gasteiger partial charge in [0.2, 0.25) is 17.7 Å². The number of likely N-dealkylation sites (N-methyl/N-ethyl adjacent to an activating group) is 1. The maximum Gasteiger partial charge on any atom is 0.329 e. The summed E-state index contributed by atoms with van der Waals surface area (Å²) >= 11 is 0. The van der Waals surface area contributed by atoms with E-state index in [2.05, 4.69) is 29.8 Å². The Kier molecular flexibility index (Phi) is 16.5. The maximum absolute atomic E-state index is 14.0. The van der Waals surface area contributed by atoms with Crippen LogP contribution < -0.4 is 16.0 Å². The molecule has 11 heteroatoms. The van der Waals surface area contributed by atoms with Crippen LogP contribution in [-0.4, -0.2) is 98.4 Å².